The van der Waals surface area contributed by atoms with Crippen LogP contribution in [-0.2, 0) is 9.59 Å². The Kier molecular flexibility index (Phi) is 7.82. The van der Waals surface area contributed by atoms with Gasteiger partial charge in [0.1, 0.15) is 6.42 Å². The Morgan fingerprint density at radius 1 is 1.04 bits per heavy atom. The SMILES string of the molecule is COc1cc(C=NNC(=O)CC(=O)Nc2ccccc2Br)cc(OC)c1OC. The number of anilines is 1. The molecule has 9 heteroatoms. The second-order valence-corrected chi connectivity index (χ2v) is 6.31. The molecule has 148 valence electrons. The van der Waals surface area contributed by atoms with Crippen molar-refractivity contribution in [2.75, 3.05) is 26.6 Å². The van der Waals surface area contributed by atoms with Crippen molar-refractivity contribution in [3.8, 4) is 17.2 Å². The number of nitrogens with one attached hydrogen (secondary N) is 2. The van der Waals surface area contributed by atoms with Crippen molar-refractivity contribution in [2.45, 2.75) is 6.42 Å². The van der Waals surface area contributed by atoms with E-state index in [-0.39, 0.29) is 6.42 Å². The van der Waals surface area contributed by atoms with Crippen molar-refractivity contribution in [3.05, 3.63) is 46.4 Å². The zero-order valence-electron chi connectivity index (χ0n) is 15.6. The molecule has 0 saturated carbocycles. The second-order valence-electron chi connectivity index (χ2n) is 5.46. The van der Waals surface area contributed by atoms with Crippen molar-refractivity contribution in [1.82, 2.24) is 5.43 Å². The van der Waals surface area contributed by atoms with Gasteiger partial charge in [-0.2, -0.15) is 5.10 Å². The molecule has 0 aromatic heterocycles. The summed E-state index contributed by atoms with van der Waals surface area (Å²) in [4.78, 5) is 23.9. The lowest BCUT2D eigenvalue weighted by Gasteiger charge is -2.12. The highest BCUT2D eigenvalue weighted by molar-refractivity contribution is 9.10. The molecule has 0 atom stereocenters. The predicted molar refractivity (Wildman–Crippen MR) is 109 cm³/mol. The molecular formula is C19H20BrN3O5. The molecule has 0 saturated heterocycles. The molecule has 0 heterocycles. The normalized spacial score (nSPS) is 10.4. The number of halogens is 1. The summed E-state index contributed by atoms with van der Waals surface area (Å²) in [7, 11) is 4.51. The van der Waals surface area contributed by atoms with Crippen LogP contribution in [0.4, 0.5) is 5.69 Å². The van der Waals surface area contributed by atoms with E-state index in [0.29, 0.717) is 28.5 Å². The van der Waals surface area contributed by atoms with Crippen molar-refractivity contribution in [2.24, 2.45) is 5.10 Å². The Balaban J connectivity index is 1.96. The number of hydrogen-bond acceptors (Lipinski definition) is 6. The molecule has 0 unspecified atom stereocenters. The van der Waals surface area contributed by atoms with Crippen molar-refractivity contribution in [3.63, 3.8) is 0 Å². The maximum atomic E-state index is 12.0. The predicted octanol–water partition coefficient (Wildman–Crippen LogP) is 2.95. The van der Waals surface area contributed by atoms with Gasteiger partial charge in [0.15, 0.2) is 11.5 Å². The molecule has 2 amide bonds. The van der Waals surface area contributed by atoms with E-state index in [0.717, 1.165) is 4.47 Å². The van der Waals surface area contributed by atoms with Crippen molar-refractivity contribution < 1.29 is 23.8 Å². The Hall–Kier alpha value is -3.07. The quantitative estimate of drug-likeness (QED) is 0.366. The van der Waals surface area contributed by atoms with E-state index in [1.807, 2.05) is 6.07 Å². The van der Waals surface area contributed by atoms with Gasteiger partial charge in [-0.25, -0.2) is 5.43 Å². The van der Waals surface area contributed by atoms with Crippen LogP contribution in [0.15, 0.2) is 46.0 Å². The molecule has 2 rings (SSSR count). The lowest BCUT2D eigenvalue weighted by Crippen LogP contribution is -2.24. The molecule has 2 N–H and O–H groups in total. The molecule has 0 radical (unpaired) electrons. The summed E-state index contributed by atoms with van der Waals surface area (Å²) >= 11 is 3.32. The van der Waals surface area contributed by atoms with E-state index in [1.165, 1.54) is 27.5 Å². The Bertz CT molecular complexity index is 861. The van der Waals surface area contributed by atoms with Gasteiger partial charge in [0.05, 0.1) is 33.2 Å². The number of hydrazone groups is 1. The van der Waals surface area contributed by atoms with E-state index in [9.17, 15) is 9.59 Å². The number of rotatable bonds is 8. The summed E-state index contributed by atoms with van der Waals surface area (Å²) in [5.41, 5.74) is 3.51. The first-order valence-electron chi connectivity index (χ1n) is 8.14. The summed E-state index contributed by atoms with van der Waals surface area (Å²) in [5, 5.41) is 6.51. The third-order valence-corrected chi connectivity index (χ3v) is 4.25. The van der Waals surface area contributed by atoms with Crippen LogP contribution in [-0.4, -0.2) is 39.4 Å². The molecular weight excluding hydrogens is 430 g/mol. The second kappa shape index (κ2) is 10.3. The largest absolute Gasteiger partial charge is 0.493 e. The number of carbonyl (C=O) groups excluding carboxylic acids is 2. The van der Waals surface area contributed by atoms with Crippen LogP contribution in [0.1, 0.15) is 12.0 Å². The molecule has 0 bridgehead atoms. The highest BCUT2D eigenvalue weighted by atomic mass is 79.9. The first kappa shape index (κ1) is 21.2. The summed E-state index contributed by atoms with van der Waals surface area (Å²) in [6.07, 6.45) is 1.04. The maximum Gasteiger partial charge on any atom is 0.249 e. The van der Waals surface area contributed by atoms with Crippen LogP contribution < -0.4 is 25.0 Å². The summed E-state index contributed by atoms with van der Waals surface area (Å²) in [5.74, 6) is 0.375. The number of benzene rings is 2. The number of carbonyl (C=O) groups is 2. The lowest BCUT2D eigenvalue weighted by atomic mass is 10.2. The van der Waals surface area contributed by atoms with Gasteiger partial charge in [-0.3, -0.25) is 9.59 Å². The van der Waals surface area contributed by atoms with Crippen LogP contribution in [0.3, 0.4) is 0 Å². The third-order valence-electron chi connectivity index (χ3n) is 3.56. The minimum atomic E-state index is -0.548. The number of para-hydroxylation sites is 1. The fraction of sp³-hybridized carbons (Fsp3) is 0.211. The zero-order chi connectivity index (χ0) is 20.5. The summed E-state index contributed by atoms with van der Waals surface area (Å²) in [6.45, 7) is 0. The zero-order valence-corrected chi connectivity index (χ0v) is 17.2. The van der Waals surface area contributed by atoms with Gasteiger partial charge in [0.25, 0.3) is 0 Å². The van der Waals surface area contributed by atoms with E-state index >= 15 is 0 Å². The van der Waals surface area contributed by atoms with E-state index in [1.54, 1.807) is 30.3 Å². The van der Waals surface area contributed by atoms with Gasteiger partial charge in [0, 0.05) is 10.0 Å². The van der Waals surface area contributed by atoms with Crippen LogP contribution in [0.5, 0.6) is 17.2 Å². The first-order chi connectivity index (χ1) is 13.5. The topological polar surface area (TPSA) is 98.2 Å². The van der Waals surface area contributed by atoms with Gasteiger partial charge in [-0.15, -0.1) is 0 Å². The first-order valence-corrected chi connectivity index (χ1v) is 8.94. The van der Waals surface area contributed by atoms with Crippen molar-refractivity contribution in [1.29, 1.82) is 0 Å². The van der Waals surface area contributed by atoms with Gasteiger partial charge in [-0.05, 0) is 40.2 Å². The van der Waals surface area contributed by atoms with Crippen LogP contribution in [0, 0.1) is 0 Å². The van der Waals surface area contributed by atoms with Crippen LogP contribution >= 0.6 is 15.9 Å². The molecule has 0 aliphatic carbocycles. The van der Waals surface area contributed by atoms with Gasteiger partial charge >= 0.3 is 0 Å². The molecule has 8 nitrogen and oxygen atoms in total. The maximum absolute atomic E-state index is 12.0. The molecule has 0 fully saturated rings. The fourth-order valence-electron chi connectivity index (χ4n) is 2.30. The average molecular weight is 450 g/mol. The highest BCUT2D eigenvalue weighted by Gasteiger charge is 2.13. The number of amides is 2. The van der Waals surface area contributed by atoms with E-state index in [4.69, 9.17) is 14.2 Å². The Morgan fingerprint density at radius 2 is 1.68 bits per heavy atom. The van der Waals surface area contributed by atoms with Gasteiger partial charge < -0.3 is 19.5 Å². The molecule has 28 heavy (non-hydrogen) atoms. The molecule has 0 spiro atoms. The standard InChI is InChI=1S/C19H20BrN3O5/c1-26-15-8-12(9-16(27-2)19(15)28-3)11-21-23-18(25)10-17(24)22-14-7-5-4-6-13(14)20/h4-9,11H,10H2,1-3H3,(H,22,24)(H,23,25). The molecule has 2 aromatic carbocycles. The number of nitrogens with zero attached hydrogens (tertiary/aromatic N) is 1. The number of hydrogen-bond donors (Lipinski definition) is 2. The van der Waals surface area contributed by atoms with E-state index in [2.05, 4.69) is 31.8 Å². The van der Waals surface area contributed by atoms with Crippen LogP contribution in [0.25, 0.3) is 0 Å². The Labute approximate surface area is 171 Å². The van der Waals surface area contributed by atoms with Gasteiger partial charge in [-0.1, -0.05) is 12.1 Å². The highest BCUT2D eigenvalue weighted by Crippen LogP contribution is 2.37. The fourth-order valence-corrected chi connectivity index (χ4v) is 2.68. The van der Waals surface area contributed by atoms with Gasteiger partial charge in [0.2, 0.25) is 17.6 Å². The molecule has 2 aromatic rings. The summed E-state index contributed by atoms with van der Waals surface area (Å²) in [6, 6.07) is 10.5. The van der Waals surface area contributed by atoms with Crippen LogP contribution in [0.2, 0.25) is 0 Å². The molecule has 0 aliphatic rings. The monoisotopic (exact) mass is 449 g/mol. The Morgan fingerprint density at radius 3 is 2.25 bits per heavy atom. The minimum absolute atomic E-state index is 0.367. The summed E-state index contributed by atoms with van der Waals surface area (Å²) < 4.78 is 16.5. The number of ether oxygens (including phenoxy) is 3. The third kappa shape index (κ3) is 5.71. The lowest BCUT2D eigenvalue weighted by molar-refractivity contribution is -0.126. The minimum Gasteiger partial charge on any atom is -0.493 e. The van der Waals surface area contributed by atoms with E-state index < -0.39 is 11.8 Å². The smallest absolute Gasteiger partial charge is 0.249 e. The van der Waals surface area contributed by atoms with Crippen molar-refractivity contribution >= 4 is 39.6 Å². The number of methoxy groups -OCH3 is 3. The average Bonchev–Trinajstić information content (AvgIpc) is 2.68. The molecule has 0 aliphatic heterocycles.